The minimum absolute atomic E-state index is 0.0350. The number of nitro groups is 1. The predicted octanol–water partition coefficient (Wildman–Crippen LogP) is 3.55. The van der Waals surface area contributed by atoms with Crippen molar-refractivity contribution in [3.8, 4) is 11.5 Å². The highest BCUT2D eigenvalue weighted by atomic mass is 19.1. The number of nitro benzene ring substituents is 1. The molecule has 0 heterocycles. The van der Waals surface area contributed by atoms with Gasteiger partial charge in [-0.25, -0.2) is 4.39 Å². The summed E-state index contributed by atoms with van der Waals surface area (Å²) in [7, 11) is 1.76. The second-order valence-electron chi connectivity index (χ2n) is 4.58. The van der Waals surface area contributed by atoms with Crippen molar-refractivity contribution in [2.24, 2.45) is 0 Å². The Hall–Kier alpha value is -2.47. The normalized spacial score (nSPS) is 10.4. The molecule has 0 atom stereocenters. The van der Waals surface area contributed by atoms with Gasteiger partial charge in [-0.15, -0.1) is 0 Å². The highest BCUT2D eigenvalue weighted by molar-refractivity contribution is 5.53. The molecular weight excluding hydrogens is 275 g/mol. The Morgan fingerprint density at radius 1 is 1.33 bits per heavy atom. The molecule has 0 aromatic heterocycles. The van der Waals surface area contributed by atoms with Gasteiger partial charge < -0.3 is 10.1 Å². The van der Waals surface area contributed by atoms with Crippen LogP contribution in [0, 0.1) is 22.9 Å². The van der Waals surface area contributed by atoms with Gasteiger partial charge in [0, 0.05) is 12.6 Å². The monoisotopic (exact) mass is 290 g/mol. The van der Waals surface area contributed by atoms with Gasteiger partial charge in [-0.1, -0.05) is 18.2 Å². The smallest absolute Gasteiger partial charge is 0.311 e. The van der Waals surface area contributed by atoms with Gasteiger partial charge in [0.1, 0.15) is 0 Å². The molecule has 110 valence electrons. The average Bonchev–Trinajstić information content (AvgIpc) is 2.43. The molecule has 0 radical (unpaired) electrons. The van der Waals surface area contributed by atoms with Gasteiger partial charge in [0.15, 0.2) is 11.6 Å². The van der Waals surface area contributed by atoms with Gasteiger partial charge >= 0.3 is 5.69 Å². The summed E-state index contributed by atoms with van der Waals surface area (Å²) in [5.74, 6) is -0.532. The van der Waals surface area contributed by atoms with E-state index in [1.165, 1.54) is 18.2 Å². The molecule has 0 spiro atoms. The second-order valence-corrected chi connectivity index (χ2v) is 4.58. The molecule has 2 aromatic rings. The van der Waals surface area contributed by atoms with Gasteiger partial charge in [0.05, 0.1) is 4.92 Å². The van der Waals surface area contributed by atoms with E-state index < -0.39 is 10.7 Å². The molecular formula is C15H15FN2O3. The first kappa shape index (κ1) is 14.9. The molecule has 21 heavy (non-hydrogen) atoms. The standard InChI is InChI=1S/C15H15FN2O3/c1-10-4-3-5-13(18(19)20)15(10)21-14-7-6-11(9-17-2)8-12(14)16/h3-8,17H,9H2,1-2H3. The Morgan fingerprint density at radius 3 is 2.71 bits per heavy atom. The lowest BCUT2D eigenvalue weighted by Gasteiger charge is -2.10. The quantitative estimate of drug-likeness (QED) is 0.675. The lowest BCUT2D eigenvalue weighted by molar-refractivity contribution is -0.385. The highest BCUT2D eigenvalue weighted by Crippen LogP contribution is 2.35. The number of nitrogens with one attached hydrogen (secondary N) is 1. The number of para-hydroxylation sites is 1. The molecule has 0 aliphatic carbocycles. The van der Waals surface area contributed by atoms with Crippen LogP contribution in [-0.2, 0) is 6.54 Å². The first-order valence-electron chi connectivity index (χ1n) is 6.38. The summed E-state index contributed by atoms with van der Waals surface area (Å²) in [4.78, 5) is 10.5. The number of rotatable bonds is 5. The van der Waals surface area contributed by atoms with Crippen LogP contribution >= 0.6 is 0 Å². The third-order valence-electron chi connectivity index (χ3n) is 2.98. The Kier molecular flexibility index (Phi) is 4.49. The van der Waals surface area contributed by atoms with Gasteiger partial charge in [0.2, 0.25) is 5.75 Å². The number of halogens is 1. The lowest BCUT2D eigenvalue weighted by atomic mass is 10.2. The molecule has 2 aromatic carbocycles. The molecule has 0 saturated heterocycles. The van der Waals surface area contributed by atoms with Crippen molar-refractivity contribution in [1.82, 2.24) is 5.32 Å². The maximum absolute atomic E-state index is 14.0. The van der Waals surface area contributed by atoms with Crippen molar-refractivity contribution in [3.63, 3.8) is 0 Å². The average molecular weight is 290 g/mol. The molecule has 0 fully saturated rings. The van der Waals surface area contributed by atoms with Crippen LogP contribution in [0.5, 0.6) is 11.5 Å². The third-order valence-corrected chi connectivity index (χ3v) is 2.98. The van der Waals surface area contributed by atoms with Crippen LogP contribution in [0.2, 0.25) is 0 Å². The fraction of sp³-hybridized carbons (Fsp3) is 0.200. The minimum Gasteiger partial charge on any atom is -0.447 e. The first-order chi connectivity index (χ1) is 10.0. The van der Waals surface area contributed by atoms with E-state index >= 15 is 0 Å². The van der Waals surface area contributed by atoms with Crippen molar-refractivity contribution >= 4 is 5.69 Å². The Balaban J connectivity index is 2.37. The van der Waals surface area contributed by atoms with Crippen molar-refractivity contribution in [1.29, 1.82) is 0 Å². The molecule has 0 amide bonds. The highest BCUT2D eigenvalue weighted by Gasteiger charge is 2.19. The number of hydrogen-bond acceptors (Lipinski definition) is 4. The molecule has 2 rings (SSSR count). The van der Waals surface area contributed by atoms with Crippen LogP contribution < -0.4 is 10.1 Å². The van der Waals surface area contributed by atoms with E-state index in [-0.39, 0.29) is 17.2 Å². The van der Waals surface area contributed by atoms with Crippen LogP contribution in [0.25, 0.3) is 0 Å². The fourth-order valence-corrected chi connectivity index (χ4v) is 1.96. The Labute approximate surface area is 121 Å². The summed E-state index contributed by atoms with van der Waals surface area (Å²) in [5, 5.41) is 13.9. The molecule has 0 aliphatic heterocycles. The molecule has 6 heteroatoms. The SMILES string of the molecule is CNCc1ccc(Oc2c(C)cccc2[N+](=O)[O-])c(F)c1. The van der Waals surface area contributed by atoms with E-state index in [9.17, 15) is 14.5 Å². The summed E-state index contributed by atoms with van der Waals surface area (Å²) in [5.41, 5.74) is 1.15. The van der Waals surface area contributed by atoms with E-state index in [0.717, 1.165) is 5.56 Å². The number of hydrogen-bond donors (Lipinski definition) is 1. The van der Waals surface area contributed by atoms with E-state index in [1.54, 1.807) is 32.2 Å². The van der Waals surface area contributed by atoms with Gasteiger partial charge in [0.25, 0.3) is 0 Å². The maximum atomic E-state index is 14.0. The fourth-order valence-electron chi connectivity index (χ4n) is 1.96. The summed E-state index contributed by atoms with van der Waals surface area (Å²) in [6, 6.07) is 9.09. The molecule has 1 N–H and O–H groups in total. The predicted molar refractivity (Wildman–Crippen MR) is 77.1 cm³/mol. The van der Waals surface area contributed by atoms with Crippen molar-refractivity contribution in [2.75, 3.05) is 7.05 Å². The van der Waals surface area contributed by atoms with Crippen molar-refractivity contribution in [2.45, 2.75) is 13.5 Å². The van der Waals surface area contributed by atoms with E-state index in [1.807, 2.05) is 0 Å². The number of benzene rings is 2. The van der Waals surface area contributed by atoms with Crippen molar-refractivity contribution < 1.29 is 14.1 Å². The molecule has 0 aliphatic rings. The first-order valence-corrected chi connectivity index (χ1v) is 6.38. The van der Waals surface area contributed by atoms with E-state index in [4.69, 9.17) is 4.74 Å². The summed E-state index contributed by atoms with van der Waals surface area (Å²) < 4.78 is 19.4. The summed E-state index contributed by atoms with van der Waals surface area (Å²) >= 11 is 0. The van der Waals surface area contributed by atoms with Crippen LogP contribution in [0.15, 0.2) is 36.4 Å². The van der Waals surface area contributed by atoms with E-state index in [0.29, 0.717) is 12.1 Å². The Morgan fingerprint density at radius 2 is 2.10 bits per heavy atom. The topological polar surface area (TPSA) is 64.4 Å². The lowest BCUT2D eigenvalue weighted by Crippen LogP contribution is -2.05. The van der Waals surface area contributed by atoms with Crippen LogP contribution in [-0.4, -0.2) is 12.0 Å². The van der Waals surface area contributed by atoms with Crippen LogP contribution in [0.3, 0.4) is 0 Å². The van der Waals surface area contributed by atoms with E-state index in [2.05, 4.69) is 5.32 Å². The van der Waals surface area contributed by atoms with Gasteiger partial charge in [-0.2, -0.15) is 0 Å². The number of ether oxygens (including phenoxy) is 1. The molecule has 0 bridgehead atoms. The zero-order valence-electron chi connectivity index (χ0n) is 11.7. The van der Waals surface area contributed by atoms with Crippen molar-refractivity contribution in [3.05, 3.63) is 63.5 Å². The summed E-state index contributed by atoms with van der Waals surface area (Å²) in [6.07, 6.45) is 0. The Bertz CT molecular complexity index is 674. The molecule has 5 nitrogen and oxygen atoms in total. The van der Waals surface area contributed by atoms with Gasteiger partial charge in [-0.05, 0) is 37.2 Å². The third kappa shape index (κ3) is 3.35. The minimum atomic E-state index is -0.555. The second kappa shape index (κ2) is 6.32. The summed E-state index contributed by atoms with van der Waals surface area (Å²) in [6.45, 7) is 2.21. The maximum Gasteiger partial charge on any atom is 0.311 e. The van der Waals surface area contributed by atoms with Crippen LogP contribution in [0.1, 0.15) is 11.1 Å². The largest absolute Gasteiger partial charge is 0.447 e. The zero-order chi connectivity index (χ0) is 15.4. The molecule has 0 saturated carbocycles. The molecule has 0 unspecified atom stereocenters. The van der Waals surface area contributed by atoms with Crippen LogP contribution in [0.4, 0.5) is 10.1 Å². The van der Waals surface area contributed by atoms with Gasteiger partial charge in [-0.3, -0.25) is 10.1 Å². The number of aryl methyl sites for hydroxylation is 1. The number of nitrogens with zero attached hydrogens (tertiary/aromatic N) is 1. The zero-order valence-corrected chi connectivity index (χ0v) is 11.7.